The fourth-order valence-corrected chi connectivity index (χ4v) is 4.15. The van der Waals surface area contributed by atoms with Crippen molar-refractivity contribution in [2.45, 2.75) is 11.7 Å². The van der Waals surface area contributed by atoms with Gasteiger partial charge in [-0.05, 0) is 30.2 Å². The Morgan fingerprint density at radius 2 is 2.00 bits per heavy atom. The fraction of sp³-hybridized carbons (Fsp3) is 0.190. The van der Waals surface area contributed by atoms with E-state index in [1.165, 1.54) is 11.8 Å². The number of carbonyl (C=O) groups excluding carboxylic acids is 1. The van der Waals surface area contributed by atoms with Gasteiger partial charge in [0.05, 0.1) is 18.6 Å². The predicted molar refractivity (Wildman–Crippen MR) is 114 cm³/mol. The molecule has 1 aromatic heterocycles. The summed E-state index contributed by atoms with van der Waals surface area (Å²) >= 11 is 1.41. The van der Waals surface area contributed by atoms with Gasteiger partial charge in [0.25, 0.3) is 0 Å². The summed E-state index contributed by atoms with van der Waals surface area (Å²) in [6, 6.07) is 15.9. The standard InChI is InChI=1S/C21H20N4O2S/c1-25-13-15(17-5-3-4-6-18(17)25)12-22-24-21-23-20(26)19(28-21)11-14-7-9-16(27-2)10-8-14/h3-10,12-13,19H,11H2,1-2H3,(H,23,24,26)/b22-12-/t19-/m1/s1. The third-order valence-corrected chi connectivity index (χ3v) is 5.70. The first kappa shape index (κ1) is 18.3. The van der Waals surface area contributed by atoms with E-state index in [9.17, 15) is 4.79 Å². The minimum absolute atomic E-state index is 0.0417. The van der Waals surface area contributed by atoms with E-state index in [0.29, 0.717) is 11.6 Å². The lowest BCUT2D eigenvalue weighted by Gasteiger charge is -2.06. The highest BCUT2D eigenvalue weighted by Crippen LogP contribution is 2.24. The molecule has 0 aliphatic carbocycles. The SMILES string of the molecule is COc1ccc(C[C@H]2S/C(=N/N=C\c3cn(C)c4ccccc34)NC2=O)cc1. The molecular formula is C21H20N4O2S. The highest BCUT2D eigenvalue weighted by Gasteiger charge is 2.30. The molecule has 3 aromatic rings. The number of carbonyl (C=O) groups is 1. The number of ether oxygens (including phenoxy) is 1. The molecule has 2 aromatic carbocycles. The first-order valence-corrected chi connectivity index (χ1v) is 9.77. The number of fused-ring (bicyclic) bond motifs is 1. The van der Waals surface area contributed by atoms with E-state index in [-0.39, 0.29) is 11.2 Å². The number of nitrogens with one attached hydrogen (secondary N) is 1. The highest BCUT2D eigenvalue weighted by atomic mass is 32.2. The van der Waals surface area contributed by atoms with E-state index < -0.39 is 0 Å². The molecule has 2 heterocycles. The number of thioether (sulfide) groups is 1. The first-order valence-electron chi connectivity index (χ1n) is 8.89. The first-order chi connectivity index (χ1) is 13.6. The third kappa shape index (κ3) is 3.80. The summed E-state index contributed by atoms with van der Waals surface area (Å²) < 4.78 is 7.22. The van der Waals surface area contributed by atoms with Crippen molar-refractivity contribution in [2.24, 2.45) is 17.3 Å². The third-order valence-electron chi connectivity index (χ3n) is 4.63. The van der Waals surface area contributed by atoms with Crippen molar-refractivity contribution in [3.8, 4) is 5.75 Å². The van der Waals surface area contributed by atoms with Crippen molar-refractivity contribution in [3.05, 3.63) is 65.9 Å². The molecule has 1 atom stereocenters. The van der Waals surface area contributed by atoms with Gasteiger partial charge in [0.1, 0.15) is 5.75 Å². The van der Waals surface area contributed by atoms with Crippen LogP contribution in [0.5, 0.6) is 5.75 Å². The van der Waals surface area contributed by atoms with Gasteiger partial charge in [-0.25, -0.2) is 0 Å². The lowest BCUT2D eigenvalue weighted by atomic mass is 10.1. The lowest BCUT2D eigenvalue weighted by Crippen LogP contribution is -2.25. The maximum Gasteiger partial charge on any atom is 0.239 e. The number of aromatic nitrogens is 1. The minimum atomic E-state index is -0.208. The van der Waals surface area contributed by atoms with Crippen LogP contribution in [0.25, 0.3) is 10.9 Å². The molecule has 0 radical (unpaired) electrons. The quantitative estimate of drug-likeness (QED) is 0.535. The van der Waals surface area contributed by atoms with Crippen LogP contribution in [-0.2, 0) is 18.3 Å². The number of hydrogen-bond donors (Lipinski definition) is 1. The molecule has 1 N–H and O–H groups in total. The Hall–Kier alpha value is -3.06. The van der Waals surface area contributed by atoms with Gasteiger partial charge in [-0.15, -0.1) is 5.10 Å². The zero-order chi connectivity index (χ0) is 19.5. The van der Waals surface area contributed by atoms with Gasteiger partial charge in [-0.1, -0.05) is 42.1 Å². The van der Waals surface area contributed by atoms with Crippen LogP contribution in [0.2, 0.25) is 0 Å². The number of hydrogen-bond acceptors (Lipinski definition) is 5. The molecule has 28 heavy (non-hydrogen) atoms. The smallest absolute Gasteiger partial charge is 0.239 e. The van der Waals surface area contributed by atoms with Gasteiger partial charge >= 0.3 is 0 Å². The average molecular weight is 392 g/mol. The Kier molecular flexibility index (Phi) is 5.16. The summed E-state index contributed by atoms with van der Waals surface area (Å²) in [4.78, 5) is 12.2. The van der Waals surface area contributed by atoms with Crippen molar-refractivity contribution in [3.63, 3.8) is 0 Å². The largest absolute Gasteiger partial charge is 0.497 e. The Balaban J connectivity index is 1.44. The van der Waals surface area contributed by atoms with Crippen molar-refractivity contribution in [1.29, 1.82) is 0 Å². The van der Waals surface area contributed by atoms with E-state index in [0.717, 1.165) is 27.8 Å². The molecule has 1 fully saturated rings. The van der Waals surface area contributed by atoms with E-state index in [4.69, 9.17) is 4.74 Å². The molecule has 1 saturated heterocycles. The summed E-state index contributed by atoms with van der Waals surface area (Å²) in [7, 11) is 3.64. The summed E-state index contributed by atoms with van der Waals surface area (Å²) in [6.07, 6.45) is 4.37. The monoisotopic (exact) mass is 392 g/mol. The number of rotatable bonds is 5. The number of amidine groups is 1. The van der Waals surface area contributed by atoms with Gasteiger partial charge in [-0.2, -0.15) is 5.10 Å². The molecule has 0 spiro atoms. The normalized spacial score (nSPS) is 18.3. The maximum atomic E-state index is 12.2. The van der Waals surface area contributed by atoms with E-state index in [2.05, 4.69) is 32.2 Å². The molecule has 1 aliphatic rings. The highest BCUT2D eigenvalue weighted by molar-refractivity contribution is 8.15. The van der Waals surface area contributed by atoms with Crippen LogP contribution in [0.15, 0.2) is 64.9 Å². The van der Waals surface area contributed by atoms with Gasteiger partial charge in [0.15, 0.2) is 5.17 Å². The molecule has 1 aliphatic heterocycles. The van der Waals surface area contributed by atoms with Crippen LogP contribution in [-0.4, -0.2) is 34.2 Å². The van der Waals surface area contributed by atoms with Crippen LogP contribution < -0.4 is 10.1 Å². The topological polar surface area (TPSA) is 68.0 Å². The number of aryl methyl sites for hydroxylation is 1. The maximum absolute atomic E-state index is 12.2. The number of amides is 1. The summed E-state index contributed by atoms with van der Waals surface area (Å²) in [5.41, 5.74) is 3.21. The molecule has 6 nitrogen and oxygen atoms in total. The van der Waals surface area contributed by atoms with E-state index in [1.54, 1.807) is 13.3 Å². The molecule has 142 valence electrons. The molecule has 0 bridgehead atoms. The van der Waals surface area contributed by atoms with Gasteiger partial charge in [0.2, 0.25) is 5.91 Å². The molecule has 4 rings (SSSR count). The van der Waals surface area contributed by atoms with Crippen LogP contribution in [0.3, 0.4) is 0 Å². The van der Waals surface area contributed by atoms with Gasteiger partial charge < -0.3 is 14.6 Å². The molecule has 0 saturated carbocycles. The average Bonchev–Trinajstić information content (AvgIpc) is 3.22. The minimum Gasteiger partial charge on any atom is -0.497 e. The van der Waals surface area contributed by atoms with Crippen molar-refractivity contribution in [1.82, 2.24) is 9.88 Å². The molecular weight excluding hydrogens is 372 g/mol. The zero-order valence-corrected chi connectivity index (χ0v) is 16.4. The van der Waals surface area contributed by atoms with Crippen molar-refractivity contribution >= 4 is 40.0 Å². The number of nitrogens with zero attached hydrogens (tertiary/aromatic N) is 3. The molecule has 1 amide bonds. The second kappa shape index (κ2) is 7.90. The number of methoxy groups -OCH3 is 1. The Morgan fingerprint density at radius 1 is 1.21 bits per heavy atom. The van der Waals surface area contributed by atoms with Crippen molar-refractivity contribution in [2.75, 3.05) is 7.11 Å². The predicted octanol–water partition coefficient (Wildman–Crippen LogP) is 3.35. The number of benzene rings is 2. The Morgan fingerprint density at radius 3 is 2.79 bits per heavy atom. The molecule has 0 unspecified atom stereocenters. The lowest BCUT2D eigenvalue weighted by molar-refractivity contribution is -0.118. The second-order valence-corrected chi connectivity index (χ2v) is 7.70. The van der Waals surface area contributed by atoms with Crippen LogP contribution in [0.4, 0.5) is 0 Å². The van der Waals surface area contributed by atoms with Gasteiger partial charge in [0, 0.05) is 29.7 Å². The van der Waals surface area contributed by atoms with Crippen LogP contribution >= 0.6 is 11.8 Å². The van der Waals surface area contributed by atoms with Crippen molar-refractivity contribution < 1.29 is 9.53 Å². The van der Waals surface area contributed by atoms with E-state index in [1.807, 2.05) is 49.6 Å². The summed E-state index contributed by atoms with van der Waals surface area (Å²) in [5.74, 6) is 0.761. The van der Waals surface area contributed by atoms with Gasteiger partial charge in [-0.3, -0.25) is 4.79 Å². The fourth-order valence-electron chi connectivity index (χ4n) is 3.18. The second-order valence-electron chi connectivity index (χ2n) is 6.51. The van der Waals surface area contributed by atoms with Crippen LogP contribution in [0.1, 0.15) is 11.1 Å². The van der Waals surface area contributed by atoms with E-state index >= 15 is 0 Å². The molecule has 7 heteroatoms. The zero-order valence-electron chi connectivity index (χ0n) is 15.6. The Bertz CT molecular complexity index is 1070. The Labute approximate surface area is 167 Å². The number of para-hydroxylation sites is 1. The summed E-state index contributed by atoms with van der Waals surface area (Å²) in [6.45, 7) is 0. The van der Waals surface area contributed by atoms with Crippen LogP contribution in [0, 0.1) is 0 Å². The summed E-state index contributed by atoms with van der Waals surface area (Å²) in [5, 5.41) is 12.6.